The topological polar surface area (TPSA) is 102 Å². The van der Waals surface area contributed by atoms with Crippen LogP contribution in [0.1, 0.15) is 33.6 Å². The SMILES string of the molecule is Cc1ccccc1NC(=O)C1C(c2cccs2)C(C#N)=C(SCC(=O)c2ccccc2)NC1(C)O. The van der Waals surface area contributed by atoms with E-state index in [1.165, 1.54) is 30.0 Å². The van der Waals surface area contributed by atoms with Crippen molar-refractivity contribution >= 4 is 40.5 Å². The van der Waals surface area contributed by atoms with Crippen LogP contribution >= 0.6 is 23.1 Å². The molecule has 0 fully saturated rings. The molecule has 0 spiro atoms. The summed E-state index contributed by atoms with van der Waals surface area (Å²) < 4.78 is 0. The number of aryl methyl sites for hydroxylation is 1. The number of nitrogens with one attached hydrogen (secondary N) is 2. The second-order valence-corrected chi connectivity index (χ2v) is 10.4. The Kier molecular flexibility index (Phi) is 7.41. The third-order valence-corrected chi connectivity index (χ3v) is 7.93. The number of para-hydroxylation sites is 1. The van der Waals surface area contributed by atoms with Crippen molar-refractivity contribution < 1.29 is 14.7 Å². The van der Waals surface area contributed by atoms with Gasteiger partial charge in [0.05, 0.1) is 28.3 Å². The van der Waals surface area contributed by atoms with Crippen LogP contribution in [0, 0.1) is 24.2 Å². The number of aliphatic hydroxyl groups is 1. The van der Waals surface area contributed by atoms with Crippen molar-refractivity contribution in [1.82, 2.24) is 5.32 Å². The average molecular weight is 504 g/mol. The lowest BCUT2D eigenvalue weighted by Crippen LogP contribution is -2.57. The summed E-state index contributed by atoms with van der Waals surface area (Å²) in [6.07, 6.45) is 0. The fraction of sp³-hybridized carbons (Fsp3) is 0.222. The minimum absolute atomic E-state index is 0.0881. The van der Waals surface area contributed by atoms with Crippen molar-refractivity contribution in [3.63, 3.8) is 0 Å². The van der Waals surface area contributed by atoms with Gasteiger partial charge in [0.25, 0.3) is 0 Å². The van der Waals surface area contributed by atoms with Crippen molar-refractivity contribution in [3.8, 4) is 6.07 Å². The maximum Gasteiger partial charge on any atom is 0.233 e. The first-order valence-electron chi connectivity index (χ1n) is 11.1. The number of thiophene rings is 1. The van der Waals surface area contributed by atoms with Crippen LogP contribution in [0.5, 0.6) is 0 Å². The molecule has 8 heteroatoms. The number of Topliss-reactive ketones (excluding diaryl/α,β-unsaturated/α-hetero) is 1. The van der Waals surface area contributed by atoms with Crippen LogP contribution < -0.4 is 10.6 Å². The number of carbonyl (C=O) groups excluding carboxylic acids is 2. The number of nitrogens with zero attached hydrogens (tertiary/aromatic N) is 1. The number of hydrogen-bond acceptors (Lipinski definition) is 7. The lowest BCUT2D eigenvalue weighted by atomic mass is 9.76. The zero-order valence-electron chi connectivity index (χ0n) is 19.3. The largest absolute Gasteiger partial charge is 0.370 e. The molecule has 1 amide bonds. The van der Waals surface area contributed by atoms with Crippen molar-refractivity contribution in [1.29, 1.82) is 5.26 Å². The molecule has 3 atom stereocenters. The van der Waals surface area contributed by atoms with Crippen LogP contribution in [0.2, 0.25) is 0 Å². The molecule has 0 saturated heterocycles. The normalized spacial score (nSPS) is 21.7. The number of anilines is 1. The van der Waals surface area contributed by atoms with Gasteiger partial charge in [-0.1, -0.05) is 66.4 Å². The first kappa shape index (κ1) is 24.7. The number of nitriles is 1. The first-order valence-corrected chi connectivity index (χ1v) is 12.9. The van der Waals surface area contributed by atoms with Gasteiger partial charge < -0.3 is 15.7 Å². The number of benzene rings is 2. The number of hydrogen-bond donors (Lipinski definition) is 3. The molecule has 0 saturated carbocycles. The molecule has 0 bridgehead atoms. The smallest absolute Gasteiger partial charge is 0.233 e. The Labute approximate surface area is 212 Å². The Balaban J connectivity index is 1.69. The van der Waals surface area contributed by atoms with Crippen molar-refractivity contribution in [2.24, 2.45) is 5.92 Å². The number of ketones is 1. The van der Waals surface area contributed by atoms with Crippen molar-refractivity contribution in [2.75, 3.05) is 11.1 Å². The lowest BCUT2D eigenvalue weighted by Gasteiger charge is -2.43. The van der Waals surface area contributed by atoms with Crippen LogP contribution in [0.15, 0.2) is 82.7 Å². The van der Waals surface area contributed by atoms with Gasteiger partial charge in [-0.2, -0.15) is 5.26 Å². The number of amides is 1. The Hall–Kier alpha value is -3.38. The van der Waals surface area contributed by atoms with Crippen LogP contribution in [-0.4, -0.2) is 28.3 Å². The van der Waals surface area contributed by atoms with E-state index in [4.69, 9.17) is 0 Å². The molecule has 0 aliphatic carbocycles. The summed E-state index contributed by atoms with van der Waals surface area (Å²) in [5.41, 5.74) is 0.777. The molecule has 1 aliphatic heterocycles. The molecule has 3 aromatic rings. The highest BCUT2D eigenvalue weighted by Gasteiger charge is 2.50. The quantitative estimate of drug-likeness (QED) is 0.390. The molecular formula is C27H25N3O3S2. The third-order valence-electron chi connectivity index (χ3n) is 5.96. The van der Waals surface area contributed by atoms with Gasteiger partial charge in [0.15, 0.2) is 5.78 Å². The van der Waals surface area contributed by atoms with Gasteiger partial charge in [0, 0.05) is 22.0 Å². The Morgan fingerprint density at radius 3 is 2.51 bits per heavy atom. The predicted octanol–water partition coefficient (Wildman–Crippen LogP) is 5.06. The Bertz CT molecular complexity index is 1290. The molecule has 2 heterocycles. The zero-order valence-corrected chi connectivity index (χ0v) is 21.0. The minimum Gasteiger partial charge on any atom is -0.370 e. The summed E-state index contributed by atoms with van der Waals surface area (Å²) in [7, 11) is 0. The van der Waals surface area contributed by atoms with Gasteiger partial charge in [-0.25, -0.2) is 0 Å². The molecule has 2 aromatic carbocycles. The van der Waals surface area contributed by atoms with E-state index in [0.29, 0.717) is 21.9 Å². The standard InChI is InChI=1S/C27H25N3O3S2/c1-17-9-6-7-12-20(17)29-25(32)24-23(22-13-8-14-34-22)19(15-28)26(30-27(24,2)33)35-16-21(31)18-10-4-3-5-11-18/h3-14,23-24,30,33H,16H2,1-2H3,(H,29,32). The molecular weight excluding hydrogens is 478 g/mol. The monoisotopic (exact) mass is 503 g/mol. The van der Waals surface area contributed by atoms with Crippen LogP contribution in [0.4, 0.5) is 5.69 Å². The second kappa shape index (κ2) is 10.5. The fourth-order valence-electron chi connectivity index (χ4n) is 4.19. The summed E-state index contributed by atoms with van der Waals surface area (Å²) in [6.45, 7) is 3.42. The van der Waals surface area contributed by atoms with Gasteiger partial charge in [0.2, 0.25) is 5.91 Å². The first-order chi connectivity index (χ1) is 16.8. The van der Waals surface area contributed by atoms with Gasteiger partial charge in [-0.3, -0.25) is 9.59 Å². The van der Waals surface area contributed by atoms with Gasteiger partial charge >= 0.3 is 0 Å². The van der Waals surface area contributed by atoms with Gasteiger partial charge in [0.1, 0.15) is 5.72 Å². The van der Waals surface area contributed by atoms with Crippen LogP contribution in [0.25, 0.3) is 0 Å². The van der Waals surface area contributed by atoms with E-state index >= 15 is 0 Å². The minimum atomic E-state index is -1.67. The second-order valence-electron chi connectivity index (χ2n) is 8.48. The molecule has 3 N–H and O–H groups in total. The molecule has 4 rings (SSSR count). The molecule has 3 unspecified atom stereocenters. The van der Waals surface area contributed by atoms with E-state index in [-0.39, 0.29) is 11.5 Å². The lowest BCUT2D eigenvalue weighted by molar-refractivity contribution is -0.131. The van der Waals surface area contributed by atoms with Gasteiger partial charge in [-0.05, 0) is 36.9 Å². The van der Waals surface area contributed by atoms with E-state index < -0.39 is 23.5 Å². The maximum atomic E-state index is 13.6. The number of thioether (sulfide) groups is 1. The van der Waals surface area contributed by atoms with Crippen LogP contribution in [0.3, 0.4) is 0 Å². The van der Waals surface area contributed by atoms with E-state index in [1.54, 1.807) is 30.3 Å². The van der Waals surface area contributed by atoms with Crippen molar-refractivity contribution in [3.05, 3.63) is 98.7 Å². The van der Waals surface area contributed by atoms with Gasteiger partial charge in [-0.15, -0.1) is 11.3 Å². The van der Waals surface area contributed by atoms with Crippen LogP contribution in [-0.2, 0) is 4.79 Å². The summed E-state index contributed by atoms with van der Waals surface area (Å²) in [5.74, 6) is -2.05. The number of allylic oxidation sites excluding steroid dienone is 1. The van der Waals surface area contributed by atoms with Crippen molar-refractivity contribution in [2.45, 2.75) is 25.5 Å². The summed E-state index contributed by atoms with van der Waals surface area (Å²) in [6, 6.07) is 22.3. The highest BCUT2D eigenvalue weighted by molar-refractivity contribution is 8.03. The molecule has 178 valence electrons. The molecule has 0 radical (unpaired) electrons. The molecule has 35 heavy (non-hydrogen) atoms. The number of rotatable bonds is 7. The van der Waals surface area contributed by atoms with E-state index in [9.17, 15) is 20.0 Å². The highest BCUT2D eigenvalue weighted by atomic mass is 32.2. The number of carbonyl (C=O) groups is 2. The molecule has 6 nitrogen and oxygen atoms in total. The van der Waals surface area contributed by atoms with E-state index in [1.807, 2.05) is 48.7 Å². The summed E-state index contributed by atoms with van der Waals surface area (Å²) >= 11 is 2.59. The zero-order chi connectivity index (χ0) is 25.0. The summed E-state index contributed by atoms with van der Waals surface area (Å²) in [5, 5.41) is 29.8. The third kappa shape index (κ3) is 5.33. The molecule has 1 aromatic heterocycles. The Morgan fingerprint density at radius 1 is 1.14 bits per heavy atom. The predicted molar refractivity (Wildman–Crippen MR) is 140 cm³/mol. The van der Waals surface area contributed by atoms with E-state index in [2.05, 4.69) is 16.7 Å². The Morgan fingerprint density at radius 2 is 1.86 bits per heavy atom. The fourth-order valence-corrected chi connectivity index (χ4v) is 6.11. The van der Waals surface area contributed by atoms with E-state index in [0.717, 1.165) is 10.4 Å². The highest BCUT2D eigenvalue weighted by Crippen LogP contribution is 2.46. The summed E-state index contributed by atoms with van der Waals surface area (Å²) in [4.78, 5) is 27.0. The molecule has 1 aliphatic rings. The average Bonchev–Trinajstić information content (AvgIpc) is 3.38. The maximum absolute atomic E-state index is 13.6.